The van der Waals surface area contributed by atoms with Crippen molar-refractivity contribution >= 4 is 0 Å². The fraction of sp³-hybridized carbons (Fsp3) is 1.00. The molecule has 3 saturated carbocycles. The van der Waals surface area contributed by atoms with Gasteiger partial charge in [-0.2, -0.15) is 0 Å². The van der Waals surface area contributed by atoms with E-state index in [1.807, 2.05) is 0 Å². The van der Waals surface area contributed by atoms with Gasteiger partial charge in [0.15, 0.2) is 0 Å². The fourth-order valence-corrected chi connectivity index (χ4v) is 5.67. The zero-order chi connectivity index (χ0) is 14.1. The van der Waals surface area contributed by atoms with E-state index in [2.05, 4.69) is 18.9 Å². The van der Waals surface area contributed by atoms with Gasteiger partial charge in [-0.3, -0.25) is 0 Å². The molecule has 2 heteroatoms. The van der Waals surface area contributed by atoms with Crippen LogP contribution in [0.3, 0.4) is 0 Å². The van der Waals surface area contributed by atoms with Gasteiger partial charge in [-0.05, 0) is 68.7 Å². The number of nitrogens with zero attached hydrogens (tertiary/aromatic N) is 1. The summed E-state index contributed by atoms with van der Waals surface area (Å²) < 4.78 is 0. The maximum atomic E-state index is 6.16. The predicted molar refractivity (Wildman–Crippen MR) is 85.5 cm³/mol. The summed E-state index contributed by atoms with van der Waals surface area (Å²) >= 11 is 0. The highest BCUT2D eigenvalue weighted by molar-refractivity contribution is 4.92. The minimum Gasteiger partial charge on any atom is -0.329 e. The van der Waals surface area contributed by atoms with E-state index in [4.69, 9.17) is 5.73 Å². The van der Waals surface area contributed by atoms with Crippen molar-refractivity contribution < 1.29 is 0 Å². The van der Waals surface area contributed by atoms with E-state index >= 15 is 0 Å². The average molecular weight is 278 g/mol. The average Bonchev–Trinajstić information content (AvgIpc) is 3.02. The molecule has 0 radical (unpaired) electrons. The Morgan fingerprint density at radius 2 is 1.95 bits per heavy atom. The lowest BCUT2D eigenvalue weighted by atomic mass is 9.78. The van der Waals surface area contributed by atoms with E-state index in [0.717, 1.165) is 36.1 Å². The minimum absolute atomic E-state index is 0.636. The van der Waals surface area contributed by atoms with Crippen molar-refractivity contribution in [2.45, 2.75) is 64.3 Å². The van der Waals surface area contributed by atoms with Crippen LogP contribution in [-0.4, -0.2) is 31.1 Å². The maximum absolute atomic E-state index is 6.16. The lowest BCUT2D eigenvalue weighted by molar-refractivity contribution is 0.104. The van der Waals surface area contributed by atoms with Crippen molar-refractivity contribution in [3.05, 3.63) is 0 Å². The molecule has 0 spiro atoms. The molecule has 2 nitrogen and oxygen atoms in total. The summed E-state index contributed by atoms with van der Waals surface area (Å²) in [6, 6.07) is 0.636. The van der Waals surface area contributed by atoms with E-state index in [1.54, 1.807) is 0 Å². The molecule has 3 fully saturated rings. The lowest BCUT2D eigenvalue weighted by Gasteiger charge is -2.40. The number of fused-ring (bicyclic) bond motifs is 2. The lowest BCUT2D eigenvalue weighted by Crippen LogP contribution is -2.47. The van der Waals surface area contributed by atoms with Crippen LogP contribution in [-0.2, 0) is 0 Å². The Labute approximate surface area is 125 Å². The molecule has 3 rings (SSSR count). The van der Waals surface area contributed by atoms with Gasteiger partial charge in [0, 0.05) is 19.1 Å². The first-order chi connectivity index (χ1) is 9.67. The van der Waals surface area contributed by atoms with Gasteiger partial charge in [0.05, 0.1) is 0 Å². The Hall–Kier alpha value is -0.0800. The molecule has 0 heterocycles. The molecule has 0 aromatic heterocycles. The minimum atomic E-state index is 0.636. The Morgan fingerprint density at radius 3 is 2.55 bits per heavy atom. The zero-order valence-electron chi connectivity index (χ0n) is 13.6. The Kier molecular flexibility index (Phi) is 4.72. The van der Waals surface area contributed by atoms with E-state index < -0.39 is 0 Å². The second kappa shape index (κ2) is 6.36. The summed E-state index contributed by atoms with van der Waals surface area (Å²) in [5.74, 6) is 4.87. The molecule has 3 aliphatic carbocycles. The van der Waals surface area contributed by atoms with E-state index in [9.17, 15) is 0 Å². The van der Waals surface area contributed by atoms with Gasteiger partial charge in [-0.15, -0.1) is 0 Å². The summed E-state index contributed by atoms with van der Waals surface area (Å²) in [4.78, 5) is 2.65. The van der Waals surface area contributed by atoms with Crippen LogP contribution in [0.15, 0.2) is 0 Å². The molecule has 20 heavy (non-hydrogen) atoms. The van der Waals surface area contributed by atoms with E-state index in [0.29, 0.717) is 6.04 Å². The first-order valence-corrected chi connectivity index (χ1v) is 9.07. The normalized spacial score (nSPS) is 42.3. The highest BCUT2D eigenvalue weighted by atomic mass is 15.1. The number of rotatable bonds is 5. The van der Waals surface area contributed by atoms with Gasteiger partial charge in [-0.1, -0.05) is 26.2 Å². The van der Waals surface area contributed by atoms with Gasteiger partial charge in [0.2, 0.25) is 0 Å². The molecule has 2 N–H and O–H groups in total. The summed E-state index contributed by atoms with van der Waals surface area (Å²) in [5, 5.41) is 0. The van der Waals surface area contributed by atoms with Gasteiger partial charge in [0.1, 0.15) is 0 Å². The van der Waals surface area contributed by atoms with Crippen molar-refractivity contribution in [2.24, 2.45) is 35.3 Å². The first kappa shape index (κ1) is 14.8. The monoisotopic (exact) mass is 278 g/mol. The molecule has 0 saturated heterocycles. The number of likely N-dealkylation sites (N-methyl/N-ethyl adjacent to an activating group) is 1. The predicted octanol–water partition coefficient (Wildman–Crippen LogP) is 3.51. The van der Waals surface area contributed by atoms with Crippen molar-refractivity contribution in [2.75, 3.05) is 20.1 Å². The van der Waals surface area contributed by atoms with Crippen LogP contribution in [0, 0.1) is 29.6 Å². The smallest absolute Gasteiger partial charge is 0.0243 e. The van der Waals surface area contributed by atoms with Crippen LogP contribution >= 0.6 is 0 Å². The van der Waals surface area contributed by atoms with Crippen molar-refractivity contribution in [1.29, 1.82) is 0 Å². The van der Waals surface area contributed by atoms with E-state index in [1.165, 1.54) is 57.9 Å². The van der Waals surface area contributed by atoms with Crippen LogP contribution in [0.4, 0.5) is 0 Å². The Bertz CT molecular complexity index is 317. The topological polar surface area (TPSA) is 29.3 Å². The van der Waals surface area contributed by atoms with Gasteiger partial charge < -0.3 is 10.6 Å². The second-order valence-corrected chi connectivity index (χ2v) is 8.21. The summed E-state index contributed by atoms with van der Waals surface area (Å²) in [5.41, 5.74) is 6.16. The molecule has 0 aromatic carbocycles. The quantitative estimate of drug-likeness (QED) is 0.834. The third kappa shape index (κ3) is 3.06. The van der Waals surface area contributed by atoms with Crippen LogP contribution in [0.25, 0.3) is 0 Å². The highest BCUT2D eigenvalue weighted by Gasteiger charge is 2.40. The van der Waals surface area contributed by atoms with Crippen molar-refractivity contribution in [3.63, 3.8) is 0 Å². The molecule has 0 aliphatic heterocycles. The largest absolute Gasteiger partial charge is 0.329 e. The molecule has 0 amide bonds. The van der Waals surface area contributed by atoms with Crippen molar-refractivity contribution in [1.82, 2.24) is 4.90 Å². The summed E-state index contributed by atoms with van der Waals surface area (Å²) in [7, 11) is 2.35. The third-order valence-electron chi connectivity index (χ3n) is 6.74. The van der Waals surface area contributed by atoms with Crippen LogP contribution in [0.2, 0.25) is 0 Å². The second-order valence-electron chi connectivity index (χ2n) is 8.21. The summed E-state index contributed by atoms with van der Waals surface area (Å²) in [6.07, 6.45) is 11.7. The third-order valence-corrected chi connectivity index (χ3v) is 6.74. The Morgan fingerprint density at radius 1 is 1.10 bits per heavy atom. The molecule has 2 bridgehead atoms. The molecule has 6 unspecified atom stereocenters. The zero-order valence-corrected chi connectivity index (χ0v) is 13.6. The standard InChI is InChI=1S/C18H34N2/c1-13-4-3-5-16(8-13)18(11-19)20(2)12-17-10-14-6-7-15(17)9-14/h13-18H,3-12,19H2,1-2H3. The first-order valence-electron chi connectivity index (χ1n) is 9.07. The molecular weight excluding hydrogens is 244 g/mol. The molecule has 6 atom stereocenters. The SMILES string of the molecule is CC1CCCC(C(CN)N(C)CC2CC3CCC2C3)C1. The maximum Gasteiger partial charge on any atom is 0.0243 e. The number of hydrogen-bond acceptors (Lipinski definition) is 2. The van der Waals surface area contributed by atoms with Gasteiger partial charge in [0.25, 0.3) is 0 Å². The summed E-state index contributed by atoms with van der Waals surface area (Å²) in [6.45, 7) is 4.60. The molecule has 0 aromatic rings. The van der Waals surface area contributed by atoms with Gasteiger partial charge in [-0.25, -0.2) is 0 Å². The molecule has 3 aliphatic rings. The molecular formula is C18H34N2. The molecule has 116 valence electrons. The highest BCUT2D eigenvalue weighted by Crippen LogP contribution is 2.48. The van der Waals surface area contributed by atoms with Crippen LogP contribution in [0.5, 0.6) is 0 Å². The Balaban J connectivity index is 1.55. The number of nitrogens with two attached hydrogens (primary N) is 1. The van der Waals surface area contributed by atoms with Crippen molar-refractivity contribution in [3.8, 4) is 0 Å². The van der Waals surface area contributed by atoms with Gasteiger partial charge >= 0.3 is 0 Å². The van der Waals surface area contributed by atoms with E-state index in [-0.39, 0.29) is 0 Å². The van der Waals surface area contributed by atoms with Crippen LogP contribution < -0.4 is 5.73 Å². The van der Waals surface area contributed by atoms with Crippen LogP contribution in [0.1, 0.15) is 58.3 Å². The number of hydrogen-bond donors (Lipinski definition) is 1. The fourth-order valence-electron chi connectivity index (χ4n) is 5.67.